The second kappa shape index (κ2) is 11.5. The maximum absolute atomic E-state index is 13.0. The molecule has 12 heteroatoms. The number of carbonyl (C=O) groups is 3. The minimum atomic E-state index is -0.383. The van der Waals surface area contributed by atoms with Gasteiger partial charge in [0.25, 0.3) is 11.8 Å². The third-order valence-corrected chi connectivity index (χ3v) is 6.91. The summed E-state index contributed by atoms with van der Waals surface area (Å²) < 4.78 is 12.4. The van der Waals surface area contributed by atoms with E-state index in [0.29, 0.717) is 49.7 Å². The first-order valence-corrected chi connectivity index (χ1v) is 13.1. The molecule has 0 saturated carbocycles. The molecule has 206 valence electrons. The zero-order chi connectivity index (χ0) is 27.4. The lowest BCUT2D eigenvalue weighted by atomic mass is 10.1. The summed E-state index contributed by atoms with van der Waals surface area (Å²) in [5, 5.41) is 5.85. The molecule has 39 heavy (non-hydrogen) atoms. The van der Waals surface area contributed by atoms with Crippen molar-refractivity contribution in [2.45, 2.75) is 13.3 Å². The van der Waals surface area contributed by atoms with Crippen molar-refractivity contribution < 1.29 is 23.5 Å². The van der Waals surface area contributed by atoms with Gasteiger partial charge in [0.05, 0.1) is 17.9 Å². The van der Waals surface area contributed by atoms with Gasteiger partial charge in [-0.1, -0.05) is 0 Å². The normalized spacial score (nSPS) is 15.4. The summed E-state index contributed by atoms with van der Waals surface area (Å²) in [5.41, 5.74) is 1.79. The van der Waals surface area contributed by atoms with Crippen LogP contribution in [0.2, 0.25) is 0 Å². The Morgan fingerprint density at radius 2 is 1.82 bits per heavy atom. The maximum atomic E-state index is 13.0. The lowest BCUT2D eigenvalue weighted by Crippen LogP contribution is -2.47. The van der Waals surface area contributed by atoms with E-state index in [4.69, 9.17) is 9.15 Å². The summed E-state index contributed by atoms with van der Waals surface area (Å²) in [5.74, 6) is 1.13. The van der Waals surface area contributed by atoms with Crippen molar-refractivity contribution in [3.8, 4) is 0 Å². The van der Waals surface area contributed by atoms with Crippen molar-refractivity contribution in [1.82, 2.24) is 19.8 Å². The molecule has 0 unspecified atom stereocenters. The lowest BCUT2D eigenvalue weighted by molar-refractivity contribution is 0.0950. The van der Waals surface area contributed by atoms with Crippen molar-refractivity contribution in [1.29, 1.82) is 0 Å². The fraction of sp³-hybridized carbons (Fsp3) is 0.407. The number of ether oxygens (including phenoxy) is 1. The average molecular weight is 536 g/mol. The number of hydrogen-bond donors (Lipinski definition) is 2. The fourth-order valence-corrected chi connectivity index (χ4v) is 4.81. The highest BCUT2D eigenvalue weighted by molar-refractivity contribution is 6.05. The zero-order valence-electron chi connectivity index (χ0n) is 22.2. The molecular weight excluding hydrogens is 502 g/mol. The van der Waals surface area contributed by atoms with Crippen molar-refractivity contribution >= 4 is 35.2 Å². The molecule has 2 saturated heterocycles. The molecule has 2 fully saturated rings. The third kappa shape index (κ3) is 6.00. The van der Waals surface area contributed by atoms with Crippen LogP contribution < -0.4 is 20.4 Å². The van der Waals surface area contributed by atoms with Crippen LogP contribution in [0, 0.1) is 6.92 Å². The average Bonchev–Trinajstić information content (AvgIpc) is 3.68. The molecule has 4 heterocycles. The molecule has 2 N–H and O–H groups in total. The van der Waals surface area contributed by atoms with E-state index >= 15 is 0 Å². The number of hydrogen-bond acceptors (Lipinski definition) is 8. The summed E-state index contributed by atoms with van der Waals surface area (Å²) in [4.78, 5) is 48.0. The Kier molecular flexibility index (Phi) is 7.71. The predicted molar refractivity (Wildman–Crippen MR) is 145 cm³/mol. The fourth-order valence-electron chi connectivity index (χ4n) is 4.81. The smallest absolute Gasteiger partial charge is 0.409 e. The molecule has 2 aliphatic rings. The standard InChI is InChI=1S/C27H33N7O5/c1-19-4-7-23(39-19)25(36)30-21-18-20(24(35)28-8-3-10-34-16-17-38-27(34)37)5-6-22(21)32-12-14-33(15-13-32)26-29-9-11-31(26)2/h4-7,9,11,18H,3,8,10,12-17H2,1-2H3,(H,28,35)(H,30,36). The van der Waals surface area contributed by atoms with Crippen LogP contribution >= 0.6 is 0 Å². The Hall–Kier alpha value is -4.48. The Bertz CT molecular complexity index is 1340. The van der Waals surface area contributed by atoms with Gasteiger partial charge < -0.3 is 39.1 Å². The van der Waals surface area contributed by atoms with Gasteiger partial charge in [-0.3, -0.25) is 9.59 Å². The predicted octanol–water partition coefficient (Wildman–Crippen LogP) is 2.47. The van der Waals surface area contributed by atoms with E-state index in [1.165, 1.54) is 0 Å². The van der Waals surface area contributed by atoms with Gasteiger partial charge >= 0.3 is 6.09 Å². The number of rotatable bonds is 9. The van der Waals surface area contributed by atoms with E-state index in [1.807, 2.05) is 23.9 Å². The number of furan rings is 1. The Morgan fingerprint density at radius 1 is 1.03 bits per heavy atom. The number of nitrogens with zero attached hydrogens (tertiary/aromatic N) is 5. The quantitative estimate of drug-likeness (QED) is 0.401. The van der Waals surface area contributed by atoms with Gasteiger partial charge in [0.15, 0.2) is 5.76 Å². The van der Waals surface area contributed by atoms with Crippen molar-refractivity contribution in [2.24, 2.45) is 7.05 Å². The van der Waals surface area contributed by atoms with Gasteiger partial charge in [-0.25, -0.2) is 9.78 Å². The minimum Gasteiger partial charge on any atom is -0.456 e. The number of imidazole rings is 1. The topological polar surface area (TPSA) is 125 Å². The van der Waals surface area contributed by atoms with E-state index in [1.54, 1.807) is 42.3 Å². The molecule has 3 amide bonds. The van der Waals surface area contributed by atoms with Gasteiger partial charge in [0.1, 0.15) is 12.4 Å². The van der Waals surface area contributed by atoms with Crippen LogP contribution in [-0.2, 0) is 11.8 Å². The van der Waals surface area contributed by atoms with E-state index in [-0.39, 0.29) is 23.7 Å². The number of carbonyl (C=O) groups excluding carboxylic acids is 3. The highest BCUT2D eigenvalue weighted by Crippen LogP contribution is 2.30. The van der Waals surface area contributed by atoms with E-state index in [9.17, 15) is 14.4 Å². The molecule has 0 spiro atoms. The molecule has 2 aromatic heterocycles. The van der Waals surface area contributed by atoms with Crippen LogP contribution in [0.4, 0.5) is 22.1 Å². The van der Waals surface area contributed by atoms with Gasteiger partial charge in [-0.05, 0) is 43.7 Å². The number of amides is 3. The third-order valence-electron chi connectivity index (χ3n) is 6.91. The number of benzene rings is 1. The Labute approximate surface area is 226 Å². The van der Waals surface area contributed by atoms with Crippen LogP contribution in [0.15, 0.2) is 47.1 Å². The maximum Gasteiger partial charge on any atom is 0.409 e. The molecule has 0 radical (unpaired) electrons. The largest absolute Gasteiger partial charge is 0.456 e. The molecule has 1 aromatic carbocycles. The van der Waals surface area contributed by atoms with Crippen LogP contribution in [0.1, 0.15) is 33.1 Å². The van der Waals surface area contributed by atoms with Crippen LogP contribution in [0.5, 0.6) is 0 Å². The van der Waals surface area contributed by atoms with E-state index in [0.717, 1.165) is 37.8 Å². The molecule has 5 rings (SSSR count). The number of aromatic nitrogens is 2. The number of piperazine rings is 1. The number of nitrogens with one attached hydrogen (secondary N) is 2. The highest BCUT2D eigenvalue weighted by Gasteiger charge is 2.24. The monoisotopic (exact) mass is 535 g/mol. The van der Waals surface area contributed by atoms with Crippen molar-refractivity contribution in [3.63, 3.8) is 0 Å². The van der Waals surface area contributed by atoms with E-state index in [2.05, 4.69) is 25.4 Å². The molecular formula is C27H33N7O5. The van der Waals surface area contributed by atoms with Gasteiger partial charge in [0.2, 0.25) is 5.95 Å². The van der Waals surface area contributed by atoms with Gasteiger partial charge in [-0.15, -0.1) is 0 Å². The highest BCUT2D eigenvalue weighted by atomic mass is 16.6. The summed E-state index contributed by atoms with van der Waals surface area (Å²) in [7, 11) is 1.98. The Balaban J connectivity index is 1.28. The number of anilines is 3. The summed E-state index contributed by atoms with van der Waals surface area (Å²) in [6.45, 7) is 6.66. The second-order valence-electron chi connectivity index (χ2n) is 9.62. The molecule has 0 atom stereocenters. The Morgan fingerprint density at radius 3 is 2.49 bits per heavy atom. The van der Waals surface area contributed by atoms with Crippen LogP contribution in [0.3, 0.4) is 0 Å². The van der Waals surface area contributed by atoms with E-state index < -0.39 is 0 Å². The van der Waals surface area contributed by atoms with Gasteiger partial charge in [-0.2, -0.15) is 0 Å². The van der Waals surface area contributed by atoms with Gasteiger partial charge in [0, 0.05) is 64.3 Å². The molecule has 0 aliphatic carbocycles. The van der Waals surface area contributed by atoms with Crippen molar-refractivity contribution in [3.05, 3.63) is 59.8 Å². The summed E-state index contributed by atoms with van der Waals surface area (Å²) in [6, 6.07) is 8.69. The second-order valence-corrected chi connectivity index (χ2v) is 9.62. The molecule has 12 nitrogen and oxygen atoms in total. The first-order valence-electron chi connectivity index (χ1n) is 13.1. The van der Waals surface area contributed by atoms with Crippen molar-refractivity contribution in [2.75, 3.05) is 67.5 Å². The van der Waals surface area contributed by atoms with Crippen LogP contribution in [-0.4, -0.2) is 84.8 Å². The molecule has 2 aliphatic heterocycles. The zero-order valence-corrected chi connectivity index (χ0v) is 22.2. The lowest BCUT2D eigenvalue weighted by Gasteiger charge is -2.37. The SMILES string of the molecule is Cc1ccc(C(=O)Nc2cc(C(=O)NCCCN3CCOC3=O)ccc2N2CCN(c3nccn3C)CC2)o1. The summed E-state index contributed by atoms with van der Waals surface area (Å²) in [6.07, 6.45) is 4.01. The molecule has 3 aromatic rings. The number of cyclic esters (lactones) is 1. The number of aryl methyl sites for hydroxylation is 2. The first-order chi connectivity index (χ1) is 18.9. The first kappa shape index (κ1) is 26.1. The minimum absolute atomic E-state index is 0.202. The molecule has 0 bridgehead atoms. The summed E-state index contributed by atoms with van der Waals surface area (Å²) >= 11 is 0. The van der Waals surface area contributed by atoms with Crippen LogP contribution in [0.25, 0.3) is 0 Å².